The van der Waals surface area contributed by atoms with Crippen LogP contribution in [0.1, 0.15) is 19.4 Å². The summed E-state index contributed by atoms with van der Waals surface area (Å²) in [6.45, 7) is 4.00. The summed E-state index contributed by atoms with van der Waals surface area (Å²) in [6, 6.07) is 7.40. The zero-order chi connectivity index (χ0) is 16.3. The van der Waals surface area contributed by atoms with Crippen LogP contribution in [-0.2, 0) is 4.79 Å². The molecule has 0 aliphatic heterocycles. The van der Waals surface area contributed by atoms with E-state index >= 15 is 0 Å². The monoisotopic (exact) mass is 340 g/mol. The second-order valence-electron chi connectivity index (χ2n) is 5.79. The highest BCUT2D eigenvalue weighted by Crippen LogP contribution is 2.59. The number of allylic oxidation sites excluding steroid dienone is 1. The molecule has 2 atom stereocenters. The molecular formula is C16H18Cl2N2O2. The Morgan fingerprint density at radius 2 is 2.14 bits per heavy atom. The molecular weight excluding hydrogens is 323 g/mol. The number of carbonyl (C=O) groups is 1. The third kappa shape index (κ3) is 3.81. The van der Waals surface area contributed by atoms with Gasteiger partial charge in [0, 0.05) is 0 Å². The molecule has 118 valence electrons. The molecule has 2 rings (SSSR count). The molecule has 0 saturated heterocycles. The molecule has 1 aliphatic carbocycles. The molecule has 1 saturated carbocycles. The molecule has 0 aromatic heterocycles. The fourth-order valence-electron chi connectivity index (χ4n) is 2.59. The number of carbonyl (C=O) groups excluding carboxylic acids is 1. The summed E-state index contributed by atoms with van der Waals surface area (Å²) in [5, 5.41) is 3.99. The van der Waals surface area contributed by atoms with Crippen LogP contribution in [0.15, 0.2) is 39.9 Å². The third-order valence-electron chi connectivity index (χ3n) is 3.98. The first-order chi connectivity index (χ1) is 10.4. The van der Waals surface area contributed by atoms with Crippen LogP contribution in [0, 0.1) is 17.3 Å². The molecule has 1 N–H and O–H groups in total. The highest BCUT2D eigenvalue weighted by molar-refractivity contribution is 6.55. The van der Waals surface area contributed by atoms with Gasteiger partial charge in [0.05, 0.1) is 19.2 Å². The maximum absolute atomic E-state index is 12.2. The summed E-state index contributed by atoms with van der Waals surface area (Å²) >= 11 is 11.4. The van der Waals surface area contributed by atoms with E-state index in [1.807, 2.05) is 38.1 Å². The van der Waals surface area contributed by atoms with Crippen molar-refractivity contribution in [3.8, 4) is 5.75 Å². The molecule has 1 aromatic rings. The smallest absolute Gasteiger partial charge is 0.244 e. The van der Waals surface area contributed by atoms with E-state index in [4.69, 9.17) is 27.9 Å². The van der Waals surface area contributed by atoms with Gasteiger partial charge in [-0.05, 0) is 35.1 Å². The molecule has 4 nitrogen and oxygen atoms in total. The van der Waals surface area contributed by atoms with Gasteiger partial charge in [-0.25, -0.2) is 5.43 Å². The molecule has 1 fully saturated rings. The zero-order valence-corrected chi connectivity index (χ0v) is 14.2. The molecule has 1 amide bonds. The summed E-state index contributed by atoms with van der Waals surface area (Å²) in [5.74, 6) is 0.451. The van der Waals surface area contributed by atoms with E-state index in [9.17, 15) is 4.79 Å². The van der Waals surface area contributed by atoms with E-state index in [1.54, 1.807) is 19.4 Å². The summed E-state index contributed by atoms with van der Waals surface area (Å²) in [5.41, 5.74) is 3.24. The molecule has 0 spiro atoms. The second-order valence-corrected chi connectivity index (χ2v) is 6.80. The summed E-state index contributed by atoms with van der Waals surface area (Å²) in [4.78, 5) is 12.2. The standard InChI is InChI=1S/C16H18Cl2N2O2/c1-16(2)12(8-13(17)18)14(16)15(21)20-19-9-10-5-4-6-11(7-10)22-3/h4-9,12,14H,1-3H3,(H,20,21)/b19-9-/t12-,14+/m1/s1. The van der Waals surface area contributed by atoms with E-state index in [1.165, 1.54) is 0 Å². The Labute approximate surface area is 140 Å². The minimum Gasteiger partial charge on any atom is -0.497 e. The third-order valence-corrected chi connectivity index (χ3v) is 4.23. The molecule has 0 heterocycles. The van der Waals surface area contributed by atoms with Crippen molar-refractivity contribution in [1.82, 2.24) is 5.43 Å². The lowest BCUT2D eigenvalue weighted by molar-refractivity contribution is -0.123. The summed E-state index contributed by atoms with van der Waals surface area (Å²) in [6.07, 6.45) is 3.29. The Hall–Kier alpha value is -1.52. The van der Waals surface area contributed by atoms with Crippen molar-refractivity contribution in [2.45, 2.75) is 13.8 Å². The van der Waals surface area contributed by atoms with E-state index < -0.39 is 0 Å². The predicted molar refractivity (Wildman–Crippen MR) is 89.3 cm³/mol. The van der Waals surface area contributed by atoms with Gasteiger partial charge in [-0.2, -0.15) is 5.10 Å². The van der Waals surface area contributed by atoms with Crippen molar-refractivity contribution in [3.05, 3.63) is 40.4 Å². The van der Waals surface area contributed by atoms with Gasteiger partial charge in [-0.15, -0.1) is 0 Å². The van der Waals surface area contributed by atoms with Crippen molar-refractivity contribution in [2.75, 3.05) is 7.11 Å². The van der Waals surface area contributed by atoms with E-state index in [0.717, 1.165) is 11.3 Å². The lowest BCUT2D eigenvalue weighted by atomic mass is 10.1. The van der Waals surface area contributed by atoms with Crippen LogP contribution in [0.5, 0.6) is 5.75 Å². The first kappa shape index (κ1) is 16.8. The molecule has 1 aromatic carbocycles. The number of benzene rings is 1. The number of halogens is 2. The number of hydrogen-bond donors (Lipinski definition) is 1. The van der Waals surface area contributed by atoms with Gasteiger partial charge >= 0.3 is 0 Å². The topological polar surface area (TPSA) is 50.7 Å². The van der Waals surface area contributed by atoms with Crippen LogP contribution in [0.25, 0.3) is 0 Å². The Balaban J connectivity index is 1.96. The maximum atomic E-state index is 12.2. The van der Waals surface area contributed by atoms with Gasteiger partial charge in [0.2, 0.25) is 5.91 Å². The van der Waals surface area contributed by atoms with E-state index in [0.29, 0.717) is 0 Å². The minimum atomic E-state index is -0.178. The van der Waals surface area contributed by atoms with Crippen molar-refractivity contribution >= 4 is 35.3 Å². The van der Waals surface area contributed by atoms with Gasteiger partial charge in [-0.3, -0.25) is 4.79 Å². The Morgan fingerprint density at radius 3 is 2.77 bits per heavy atom. The number of hydrazone groups is 1. The molecule has 0 radical (unpaired) electrons. The number of rotatable bonds is 5. The van der Waals surface area contributed by atoms with Crippen molar-refractivity contribution in [1.29, 1.82) is 0 Å². The highest BCUT2D eigenvalue weighted by atomic mass is 35.5. The second kappa shape index (κ2) is 6.71. The predicted octanol–water partition coefficient (Wildman–Crippen LogP) is 3.74. The largest absolute Gasteiger partial charge is 0.497 e. The summed E-state index contributed by atoms with van der Waals surface area (Å²) in [7, 11) is 1.60. The fourth-order valence-corrected chi connectivity index (χ4v) is 2.86. The zero-order valence-electron chi connectivity index (χ0n) is 12.6. The maximum Gasteiger partial charge on any atom is 0.244 e. The minimum absolute atomic E-state index is 0.0320. The number of ether oxygens (including phenoxy) is 1. The molecule has 6 heteroatoms. The van der Waals surface area contributed by atoms with Crippen LogP contribution in [0.3, 0.4) is 0 Å². The number of methoxy groups -OCH3 is 1. The molecule has 1 aliphatic rings. The van der Waals surface area contributed by atoms with E-state index in [2.05, 4.69) is 10.5 Å². The van der Waals surface area contributed by atoms with Crippen molar-refractivity contribution in [2.24, 2.45) is 22.4 Å². The quantitative estimate of drug-likeness (QED) is 0.655. The average molecular weight is 341 g/mol. The highest BCUT2D eigenvalue weighted by Gasteiger charge is 2.60. The Kier molecular flexibility index (Phi) is 5.14. The van der Waals surface area contributed by atoms with Gasteiger partial charge in [0.1, 0.15) is 10.2 Å². The first-order valence-electron chi connectivity index (χ1n) is 6.86. The van der Waals surface area contributed by atoms with Crippen LogP contribution >= 0.6 is 23.2 Å². The number of nitrogens with one attached hydrogen (secondary N) is 1. The van der Waals surface area contributed by atoms with Crippen LogP contribution in [0.2, 0.25) is 0 Å². The number of amides is 1. The van der Waals surface area contributed by atoms with Crippen molar-refractivity contribution in [3.63, 3.8) is 0 Å². The molecule has 0 unspecified atom stereocenters. The van der Waals surface area contributed by atoms with Gasteiger partial charge < -0.3 is 4.74 Å². The lowest BCUT2D eigenvalue weighted by Gasteiger charge is -2.02. The SMILES string of the molecule is COc1cccc(/C=N\NC(=O)[C@@H]2[C@@H](C=C(Cl)Cl)C2(C)C)c1. The summed E-state index contributed by atoms with van der Waals surface area (Å²) < 4.78 is 5.32. The van der Waals surface area contributed by atoms with E-state index in [-0.39, 0.29) is 27.6 Å². The molecule has 0 bridgehead atoms. The number of nitrogens with zero attached hydrogens (tertiary/aromatic N) is 1. The van der Waals surface area contributed by atoms with Crippen LogP contribution < -0.4 is 10.2 Å². The average Bonchev–Trinajstić information content (AvgIpc) is 2.99. The Bertz CT molecular complexity index is 622. The normalized spacial score (nSPS) is 22.2. The van der Waals surface area contributed by atoms with Gasteiger partial charge in [0.25, 0.3) is 0 Å². The van der Waals surface area contributed by atoms with Crippen LogP contribution in [-0.4, -0.2) is 19.2 Å². The van der Waals surface area contributed by atoms with Gasteiger partial charge in [0.15, 0.2) is 0 Å². The Morgan fingerprint density at radius 1 is 1.41 bits per heavy atom. The lowest BCUT2D eigenvalue weighted by Crippen LogP contribution is -2.21. The number of hydrogen-bond acceptors (Lipinski definition) is 3. The fraction of sp³-hybridized carbons (Fsp3) is 0.375. The van der Waals surface area contributed by atoms with Crippen molar-refractivity contribution < 1.29 is 9.53 Å². The van der Waals surface area contributed by atoms with Gasteiger partial charge in [-0.1, -0.05) is 49.2 Å². The first-order valence-corrected chi connectivity index (χ1v) is 7.61. The van der Waals surface area contributed by atoms with Crippen LogP contribution in [0.4, 0.5) is 0 Å². The molecule has 22 heavy (non-hydrogen) atoms.